The van der Waals surface area contributed by atoms with Crippen LogP contribution in [0, 0.1) is 22.5 Å². The Morgan fingerprint density at radius 3 is 2.78 bits per heavy atom. The number of hydrogen-bond donors (Lipinski definition) is 2. The van der Waals surface area contributed by atoms with Crippen molar-refractivity contribution in [2.24, 2.45) is 5.41 Å². The molecule has 0 bridgehead atoms. The number of benzene rings is 1. The fourth-order valence-electron chi connectivity index (χ4n) is 3.12. The minimum Gasteiger partial charge on any atom is -0.384 e. The van der Waals surface area contributed by atoms with Crippen molar-refractivity contribution in [1.82, 2.24) is 10.3 Å². The van der Waals surface area contributed by atoms with Gasteiger partial charge in [0, 0.05) is 35.4 Å². The van der Waals surface area contributed by atoms with E-state index in [1.54, 1.807) is 12.1 Å². The molecular weight excluding hydrogens is 292 g/mol. The highest BCUT2D eigenvalue weighted by atomic mass is 16.6. The molecule has 0 amide bonds. The van der Waals surface area contributed by atoms with Gasteiger partial charge in [-0.05, 0) is 50.4 Å². The van der Waals surface area contributed by atoms with E-state index in [9.17, 15) is 10.1 Å². The van der Waals surface area contributed by atoms with Gasteiger partial charge in [-0.15, -0.1) is 0 Å². The summed E-state index contributed by atoms with van der Waals surface area (Å²) in [4.78, 5) is 15.1. The van der Waals surface area contributed by atoms with Crippen molar-refractivity contribution in [3.05, 3.63) is 40.1 Å². The maximum absolute atomic E-state index is 11.0. The van der Waals surface area contributed by atoms with Gasteiger partial charge in [0.2, 0.25) is 0 Å². The van der Waals surface area contributed by atoms with Crippen LogP contribution in [0.1, 0.15) is 25.5 Å². The fraction of sp³-hybridized carbons (Fsp3) is 0.471. The molecule has 0 aliphatic carbocycles. The fourth-order valence-corrected chi connectivity index (χ4v) is 3.12. The van der Waals surface area contributed by atoms with Crippen LogP contribution < -0.4 is 10.6 Å². The zero-order valence-corrected chi connectivity index (χ0v) is 13.6. The van der Waals surface area contributed by atoms with Crippen LogP contribution in [0.15, 0.2) is 24.3 Å². The monoisotopic (exact) mass is 314 g/mol. The molecule has 1 fully saturated rings. The summed E-state index contributed by atoms with van der Waals surface area (Å²) in [6.07, 6.45) is 2.25. The number of nitrogens with one attached hydrogen (secondary N) is 2. The lowest BCUT2D eigenvalue weighted by molar-refractivity contribution is -0.384. The van der Waals surface area contributed by atoms with Gasteiger partial charge in [-0.25, -0.2) is 0 Å². The van der Waals surface area contributed by atoms with E-state index < -0.39 is 0 Å². The molecule has 1 saturated heterocycles. The van der Waals surface area contributed by atoms with Gasteiger partial charge >= 0.3 is 0 Å². The Kier molecular flexibility index (Phi) is 4.17. The summed E-state index contributed by atoms with van der Waals surface area (Å²) < 4.78 is 0. The molecule has 2 aromatic rings. The molecule has 1 aromatic carbocycles. The summed E-state index contributed by atoms with van der Waals surface area (Å²) in [6.45, 7) is 7.17. The first-order valence-corrected chi connectivity index (χ1v) is 7.97. The summed E-state index contributed by atoms with van der Waals surface area (Å²) in [7, 11) is 0. The maximum Gasteiger partial charge on any atom is 0.270 e. The van der Waals surface area contributed by atoms with Crippen LogP contribution in [0.5, 0.6) is 0 Å². The normalized spacial score (nSPS) is 17.1. The highest BCUT2D eigenvalue weighted by Crippen LogP contribution is 2.31. The Morgan fingerprint density at radius 1 is 1.35 bits per heavy atom. The third kappa shape index (κ3) is 3.42. The van der Waals surface area contributed by atoms with Crippen molar-refractivity contribution in [3.63, 3.8) is 0 Å². The minimum absolute atomic E-state index is 0.0966. The first-order chi connectivity index (χ1) is 11.0. The van der Waals surface area contributed by atoms with Crippen LogP contribution >= 0.6 is 0 Å². The number of non-ortho nitro benzene ring substituents is 1. The van der Waals surface area contributed by atoms with Crippen LogP contribution in [-0.2, 0) is 0 Å². The van der Waals surface area contributed by atoms with E-state index in [0.29, 0.717) is 0 Å². The van der Waals surface area contributed by atoms with Crippen LogP contribution in [0.4, 0.5) is 11.4 Å². The quantitative estimate of drug-likeness (QED) is 0.669. The van der Waals surface area contributed by atoms with Gasteiger partial charge in [0.05, 0.1) is 10.4 Å². The van der Waals surface area contributed by atoms with Gasteiger partial charge < -0.3 is 10.6 Å². The molecule has 1 aromatic heterocycles. The number of aromatic nitrogens is 1. The van der Waals surface area contributed by atoms with Crippen LogP contribution in [0.2, 0.25) is 0 Å². The second kappa shape index (κ2) is 6.12. The average molecular weight is 314 g/mol. The Bertz CT molecular complexity index is 739. The van der Waals surface area contributed by atoms with Crippen molar-refractivity contribution in [3.8, 4) is 0 Å². The third-order valence-corrected chi connectivity index (χ3v) is 4.65. The van der Waals surface area contributed by atoms with Gasteiger partial charge in [-0.1, -0.05) is 6.92 Å². The van der Waals surface area contributed by atoms with Crippen molar-refractivity contribution in [1.29, 1.82) is 0 Å². The molecule has 6 heteroatoms. The Hall–Kier alpha value is -2.21. The predicted molar refractivity (Wildman–Crippen MR) is 91.8 cm³/mol. The lowest BCUT2D eigenvalue weighted by Gasteiger charge is -2.34. The Balaban J connectivity index is 1.92. The SMILES string of the molecule is Cc1cc(NCC2(C)CCNCC2)c2cc([N+](=O)[O-])ccc2n1. The summed E-state index contributed by atoms with van der Waals surface area (Å²) >= 11 is 0. The second-order valence-electron chi connectivity index (χ2n) is 6.68. The number of nitro groups is 1. The number of rotatable bonds is 4. The van der Waals surface area contributed by atoms with Gasteiger partial charge in [0.1, 0.15) is 0 Å². The van der Waals surface area contributed by atoms with Gasteiger partial charge in [-0.3, -0.25) is 15.1 Å². The first kappa shape index (κ1) is 15.7. The molecule has 1 aliphatic heterocycles. The van der Waals surface area contributed by atoms with Gasteiger partial charge in [0.25, 0.3) is 5.69 Å². The van der Waals surface area contributed by atoms with Gasteiger partial charge in [-0.2, -0.15) is 0 Å². The van der Waals surface area contributed by atoms with E-state index in [1.165, 1.54) is 6.07 Å². The van der Waals surface area contributed by atoms with Crippen LogP contribution in [0.25, 0.3) is 10.9 Å². The third-order valence-electron chi connectivity index (χ3n) is 4.65. The topological polar surface area (TPSA) is 80.1 Å². The van der Waals surface area contributed by atoms with E-state index in [4.69, 9.17) is 0 Å². The molecule has 0 spiro atoms. The van der Waals surface area contributed by atoms with E-state index in [-0.39, 0.29) is 16.0 Å². The lowest BCUT2D eigenvalue weighted by Crippen LogP contribution is -2.39. The summed E-state index contributed by atoms with van der Waals surface area (Å²) in [6, 6.07) is 6.80. The molecule has 1 aliphatic rings. The Labute approximate surface area is 135 Å². The molecule has 122 valence electrons. The second-order valence-corrected chi connectivity index (χ2v) is 6.68. The van der Waals surface area contributed by atoms with Crippen LogP contribution in [0.3, 0.4) is 0 Å². The summed E-state index contributed by atoms with van der Waals surface area (Å²) in [5, 5.41) is 18.7. The molecular formula is C17H22N4O2. The number of nitrogens with zero attached hydrogens (tertiary/aromatic N) is 2. The molecule has 0 unspecified atom stereocenters. The van der Waals surface area contributed by atoms with E-state index in [2.05, 4.69) is 22.5 Å². The zero-order valence-electron chi connectivity index (χ0n) is 13.6. The van der Waals surface area contributed by atoms with Crippen LogP contribution in [-0.4, -0.2) is 29.5 Å². The molecule has 6 nitrogen and oxygen atoms in total. The largest absolute Gasteiger partial charge is 0.384 e. The first-order valence-electron chi connectivity index (χ1n) is 7.97. The molecule has 3 rings (SSSR count). The molecule has 23 heavy (non-hydrogen) atoms. The molecule has 0 atom stereocenters. The molecule has 2 N–H and O–H groups in total. The molecule has 0 radical (unpaired) electrons. The van der Waals surface area contributed by atoms with Gasteiger partial charge in [0.15, 0.2) is 0 Å². The Morgan fingerprint density at radius 2 is 2.09 bits per heavy atom. The highest BCUT2D eigenvalue weighted by Gasteiger charge is 2.26. The highest BCUT2D eigenvalue weighted by molar-refractivity contribution is 5.93. The predicted octanol–water partition coefficient (Wildman–Crippen LogP) is 3.25. The van der Waals surface area contributed by atoms with E-state index >= 15 is 0 Å². The number of aryl methyl sites for hydroxylation is 1. The number of anilines is 1. The van der Waals surface area contributed by atoms with Crippen molar-refractivity contribution >= 4 is 22.3 Å². The molecule has 0 saturated carbocycles. The smallest absolute Gasteiger partial charge is 0.270 e. The standard InChI is InChI=1S/C17H22N4O2/c1-12-9-16(19-11-17(2)5-7-18-8-6-17)14-10-13(21(22)23)3-4-15(14)20-12/h3-4,9-10,18H,5-8,11H2,1-2H3,(H,19,20). The van der Waals surface area contributed by atoms with Crippen molar-refractivity contribution in [2.75, 3.05) is 25.0 Å². The van der Waals surface area contributed by atoms with Crippen molar-refractivity contribution in [2.45, 2.75) is 26.7 Å². The van der Waals surface area contributed by atoms with E-state index in [0.717, 1.165) is 54.8 Å². The minimum atomic E-state index is -0.364. The number of nitro benzene ring substituents is 1. The van der Waals surface area contributed by atoms with E-state index in [1.807, 2.05) is 13.0 Å². The number of pyridine rings is 1. The zero-order chi connectivity index (χ0) is 16.4. The molecule has 2 heterocycles. The average Bonchev–Trinajstić information content (AvgIpc) is 2.52. The maximum atomic E-state index is 11.0. The lowest BCUT2D eigenvalue weighted by atomic mass is 9.81. The number of piperidine rings is 1. The number of hydrogen-bond acceptors (Lipinski definition) is 5. The van der Waals surface area contributed by atoms with Crippen molar-refractivity contribution < 1.29 is 4.92 Å². The summed E-state index contributed by atoms with van der Waals surface area (Å²) in [5.41, 5.74) is 2.96. The number of fused-ring (bicyclic) bond motifs is 1. The summed E-state index contributed by atoms with van der Waals surface area (Å²) in [5.74, 6) is 0.